The van der Waals surface area contributed by atoms with Gasteiger partial charge in [0.15, 0.2) is 5.96 Å². The average Bonchev–Trinajstić information content (AvgIpc) is 3.00. The van der Waals surface area contributed by atoms with E-state index >= 15 is 0 Å². The van der Waals surface area contributed by atoms with Crippen molar-refractivity contribution in [1.82, 2.24) is 10.3 Å². The zero-order valence-corrected chi connectivity index (χ0v) is 13.8. The lowest BCUT2D eigenvalue weighted by Gasteiger charge is -2.07. The molecule has 1 unspecified atom stereocenters. The van der Waals surface area contributed by atoms with Gasteiger partial charge in [-0.15, -0.1) is 24.0 Å². The molecule has 2 rings (SSSR count). The largest absolute Gasteiger partial charge is 0.467 e. The molecule has 7 heteroatoms. The Morgan fingerprint density at radius 3 is 2.90 bits per heavy atom. The SMILES string of the molecule is I.NC(=NCC(O)c1ccco1)NCCc1ccccn1. The van der Waals surface area contributed by atoms with Crippen molar-refractivity contribution in [1.29, 1.82) is 0 Å². The molecule has 0 aliphatic heterocycles. The van der Waals surface area contributed by atoms with Crippen LogP contribution in [0.4, 0.5) is 0 Å². The number of aliphatic hydroxyl groups is 1. The maximum absolute atomic E-state index is 9.77. The highest BCUT2D eigenvalue weighted by Gasteiger charge is 2.09. The minimum absolute atomic E-state index is 0. The summed E-state index contributed by atoms with van der Waals surface area (Å²) in [6, 6.07) is 9.19. The number of halogens is 1. The number of hydrogen-bond donors (Lipinski definition) is 3. The van der Waals surface area contributed by atoms with Gasteiger partial charge in [-0.05, 0) is 24.3 Å². The summed E-state index contributed by atoms with van der Waals surface area (Å²) in [5.41, 5.74) is 6.71. The van der Waals surface area contributed by atoms with Crippen molar-refractivity contribution in [2.24, 2.45) is 10.7 Å². The third kappa shape index (κ3) is 6.13. The topological polar surface area (TPSA) is 96.7 Å². The van der Waals surface area contributed by atoms with Gasteiger partial charge in [0.05, 0.1) is 12.8 Å². The lowest BCUT2D eigenvalue weighted by atomic mass is 10.3. The van der Waals surface area contributed by atoms with Crippen LogP contribution >= 0.6 is 24.0 Å². The molecule has 4 N–H and O–H groups in total. The average molecular weight is 402 g/mol. The van der Waals surface area contributed by atoms with Crippen LogP contribution in [0.2, 0.25) is 0 Å². The summed E-state index contributed by atoms with van der Waals surface area (Å²) in [4.78, 5) is 8.27. The van der Waals surface area contributed by atoms with Gasteiger partial charge in [-0.25, -0.2) is 0 Å². The van der Waals surface area contributed by atoms with E-state index in [1.807, 2.05) is 18.2 Å². The van der Waals surface area contributed by atoms with Gasteiger partial charge in [-0.3, -0.25) is 9.98 Å². The molecule has 1 atom stereocenters. The van der Waals surface area contributed by atoms with Crippen molar-refractivity contribution in [3.63, 3.8) is 0 Å². The number of aromatic nitrogens is 1. The third-order valence-electron chi connectivity index (χ3n) is 2.72. The second-order valence-corrected chi connectivity index (χ2v) is 4.25. The Morgan fingerprint density at radius 1 is 1.38 bits per heavy atom. The monoisotopic (exact) mass is 402 g/mol. The van der Waals surface area contributed by atoms with Crippen LogP contribution in [0.15, 0.2) is 52.2 Å². The van der Waals surface area contributed by atoms with E-state index in [0.717, 1.165) is 12.1 Å². The van der Waals surface area contributed by atoms with Crippen molar-refractivity contribution >= 4 is 29.9 Å². The molecule has 0 saturated carbocycles. The summed E-state index contributed by atoms with van der Waals surface area (Å²) in [6.07, 6.45) is 3.25. The first-order chi connectivity index (χ1) is 9.75. The number of nitrogens with two attached hydrogens (primary N) is 1. The number of furan rings is 1. The van der Waals surface area contributed by atoms with Gasteiger partial charge in [0.25, 0.3) is 0 Å². The molecule has 0 amide bonds. The number of aliphatic imine (C=N–C) groups is 1. The lowest BCUT2D eigenvalue weighted by Crippen LogP contribution is -2.33. The van der Waals surface area contributed by atoms with Gasteiger partial charge >= 0.3 is 0 Å². The zero-order chi connectivity index (χ0) is 14.2. The summed E-state index contributed by atoms with van der Waals surface area (Å²) < 4.78 is 5.08. The Labute approximate surface area is 140 Å². The van der Waals surface area contributed by atoms with Crippen LogP contribution in [0.5, 0.6) is 0 Å². The molecule has 0 saturated heterocycles. The van der Waals surface area contributed by atoms with Crippen LogP contribution in [0.3, 0.4) is 0 Å². The molecule has 0 aliphatic rings. The molecule has 0 bridgehead atoms. The standard InChI is InChI=1S/C14H18N4O2.HI/c15-14(17-8-6-11-4-1-2-7-16-11)18-10-12(19)13-5-3-9-20-13;/h1-5,7,9,12,19H,6,8,10H2,(H3,15,17,18);1H. The van der Waals surface area contributed by atoms with Gasteiger partial charge in [-0.2, -0.15) is 0 Å². The van der Waals surface area contributed by atoms with E-state index in [-0.39, 0.29) is 30.5 Å². The molecule has 114 valence electrons. The minimum atomic E-state index is -0.777. The van der Waals surface area contributed by atoms with Crippen molar-refractivity contribution < 1.29 is 9.52 Å². The highest BCUT2D eigenvalue weighted by molar-refractivity contribution is 14.0. The molecule has 2 aromatic heterocycles. The summed E-state index contributed by atoms with van der Waals surface area (Å²) in [6.45, 7) is 0.805. The molecule has 0 spiro atoms. The van der Waals surface area contributed by atoms with Crippen LogP contribution in [0.25, 0.3) is 0 Å². The molecule has 2 aromatic rings. The van der Waals surface area contributed by atoms with E-state index in [1.54, 1.807) is 18.3 Å². The summed E-state index contributed by atoms with van der Waals surface area (Å²) in [7, 11) is 0. The van der Waals surface area contributed by atoms with E-state index in [4.69, 9.17) is 10.2 Å². The lowest BCUT2D eigenvalue weighted by molar-refractivity contribution is 0.158. The number of aliphatic hydroxyl groups excluding tert-OH is 1. The second kappa shape index (κ2) is 9.35. The van der Waals surface area contributed by atoms with Gasteiger partial charge in [0, 0.05) is 24.9 Å². The predicted octanol–water partition coefficient (Wildman–Crippen LogP) is 1.47. The molecule has 21 heavy (non-hydrogen) atoms. The molecule has 0 aromatic carbocycles. The normalized spacial score (nSPS) is 12.5. The van der Waals surface area contributed by atoms with Crippen molar-refractivity contribution in [3.05, 3.63) is 54.2 Å². The maximum Gasteiger partial charge on any atom is 0.188 e. The van der Waals surface area contributed by atoms with E-state index in [2.05, 4.69) is 15.3 Å². The minimum Gasteiger partial charge on any atom is -0.467 e. The third-order valence-corrected chi connectivity index (χ3v) is 2.72. The summed E-state index contributed by atoms with van der Waals surface area (Å²) in [5.74, 6) is 0.779. The van der Waals surface area contributed by atoms with Gasteiger partial charge in [-0.1, -0.05) is 6.07 Å². The first-order valence-electron chi connectivity index (χ1n) is 6.41. The van der Waals surface area contributed by atoms with Crippen molar-refractivity contribution in [2.45, 2.75) is 12.5 Å². The molecule has 2 heterocycles. The smallest absolute Gasteiger partial charge is 0.188 e. The molecule has 0 aliphatic carbocycles. The number of pyridine rings is 1. The summed E-state index contributed by atoms with van der Waals surface area (Å²) in [5, 5.41) is 12.7. The highest BCUT2D eigenvalue weighted by atomic mass is 127. The predicted molar refractivity (Wildman–Crippen MR) is 91.5 cm³/mol. The molecular formula is C14H19IN4O2. The molecule has 0 fully saturated rings. The Kier molecular flexibility index (Phi) is 7.76. The van der Waals surface area contributed by atoms with Gasteiger partial charge < -0.3 is 20.6 Å². The number of hydrogen-bond acceptors (Lipinski definition) is 4. The van der Waals surface area contributed by atoms with Crippen LogP contribution in [-0.2, 0) is 6.42 Å². The Bertz CT molecular complexity index is 531. The highest BCUT2D eigenvalue weighted by Crippen LogP contribution is 2.12. The summed E-state index contributed by atoms with van der Waals surface area (Å²) >= 11 is 0. The van der Waals surface area contributed by atoms with Crippen molar-refractivity contribution in [3.8, 4) is 0 Å². The fraction of sp³-hybridized carbons (Fsp3) is 0.286. The zero-order valence-electron chi connectivity index (χ0n) is 11.5. The molecule has 6 nitrogen and oxygen atoms in total. The van der Waals surface area contributed by atoms with Crippen LogP contribution in [0.1, 0.15) is 17.6 Å². The molecule has 0 radical (unpaired) electrons. The van der Waals surface area contributed by atoms with Crippen molar-refractivity contribution in [2.75, 3.05) is 13.1 Å². The number of guanidine groups is 1. The quantitative estimate of drug-likeness (QED) is 0.387. The Morgan fingerprint density at radius 2 is 2.24 bits per heavy atom. The maximum atomic E-state index is 9.77. The van der Waals surface area contributed by atoms with E-state index < -0.39 is 6.10 Å². The van der Waals surface area contributed by atoms with Crippen LogP contribution in [0, 0.1) is 0 Å². The first-order valence-corrected chi connectivity index (χ1v) is 6.41. The van der Waals surface area contributed by atoms with E-state index in [1.165, 1.54) is 6.26 Å². The fourth-order valence-electron chi connectivity index (χ4n) is 1.68. The Hall–Kier alpha value is -1.61. The van der Waals surface area contributed by atoms with Gasteiger partial charge in [0.2, 0.25) is 0 Å². The fourth-order valence-corrected chi connectivity index (χ4v) is 1.68. The Balaban J connectivity index is 0.00000220. The number of nitrogens with zero attached hydrogens (tertiary/aromatic N) is 2. The van der Waals surface area contributed by atoms with Gasteiger partial charge in [0.1, 0.15) is 11.9 Å². The van der Waals surface area contributed by atoms with E-state index in [0.29, 0.717) is 18.3 Å². The first kappa shape index (κ1) is 17.4. The molecular weight excluding hydrogens is 383 g/mol. The van der Waals surface area contributed by atoms with Crippen LogP contribution < -0.4 is 11.1 Å². The second-order valence-electron chi connectivity index (χ2n) is 4.25. The van der Waals surface area contributed by atoms with Crippen LogP contribution in [-0.4, -0.2) is 29.1 Å². The number of rotatable bonds is 6. The number of nitrogens with one attached hydrogen (secondary N) is 1. The van der Waals surface area contributed by atoms with E-state index in [9.17, 15) is 5.11 Å².